The van der Waals surface area contributed by atoms with Gasteiger partial charge in [-0.2, -0.15) is 0 Å². The number of anilines is 1. The van der Waals surface area contributed by atoms with E-state index in [9.17, 15) is 4.39 Å². The molecule has 0 atom stereocenters. The summed E-state index contributed by atoms with van der Waals surface area (Å²) in [6, 6.07) is 10.3. The SMILES string of the molecule is CCOc1ccc(NC(=NC)NCc2ccc(OC)c(F)c2)cc1OC.I. The Balaban J connectivity index is 0.00000364. The third-order valence-corrected chi connectivity index (χ3v) is 3.63. The predicted molar refractivity (Wildman–Crippen MR) is 116 cm³/mol. The molecule has 6 nitrogen and oxygen atoms in total. The van der Waals surface area contributed by atoms with Gasteiger partial charge in [0.05, 0.1) is 20.8 Å². The molecule has 0 saturated carbocycles. The minimum Gasteiger partial charge on any atom is -0.494 e. The van der Waals surface area contributed by atoms with Crippen molar-refractivity contribution in [2.45, 2.75) is 13.5 Å². The monoisotopic (exact) mass is 489 g/mol. The molecule has 0 amide bonds. The van der Waals surface area contributed by atoms with Gasteiger partial charge in [0.1, 0.15) is 0 Å². The first-order valence-corrected chi connectivity index (χ1v) is 8.22. The van der Waals surface area contributed by atoms with E-state index >= 15 is 0 Å². The van der Waals surface area contributed by atoms with E-state index in [0.717, 1.165) is 11.3 Å². The van der Waals surface area contributed by atoms with Crippen LogP contribution in [0.1, 0.15) is 12.5 Å². The van der Waals surface area contributed by atoms with Crippen molar-refractivity contribution in [2.75, 3.05) is 33.2 Å². The van der Waals surface area contributed by atoms with Crippen LogP contribution in [-0.4, -0.2) is 33.8 Å². The number of hydrogen-bond donors (Lipinski definition) is 2. The smallest absolute Gasteiger partial charge is 0.195 e. The molecule has 148 valence electrons. The normalized spacial score (nSPS) is 10.6. The number of aliphatic imine (C=N–C) groups is 1. The summed E-state index contributed by atoms with van der Waals surface area (Å²) < 4.78 is 29.5. The van der Waals surface area contributed by atoms with Crippen molar-refractivity contribution in [3.8, 4) is 17.2 Å². The predicted octanol–water partition coefficient (Wildman–Crippen LogP) is 4.05. The second kappa shape index (κ2) is 11.5. The molecule has 27 heavy (non-hydrogen) atoms. The summed E-state index contributed by atoms with van der Waals surface area (Å²) in [6.07, 6.45) is 0. The number of methoxy groups -OCH3 is 2. The van der Waals surface area contributed by atoms with E-state index in [0.29, 0.717) is 30.6 Å². The van der Waals surface area contributed by atoms with Gasteiger partial charge in [0, 0.05) is 25.3 Å². The Bertz CT molecular complexity index is 772. The van der Waals surface area contributed by atoms with Crippen LogP contribution in [0.5, 0.6) is 17.2 Å². The van der Waals surface area contributed by atoms with Crippen LogP contribution < -0.4 is 24.8 Å². The van der Waals surface area contributed by atoms with Crippen molar-refractivity contribution in [1.82, 2.24) is 5.32 Å². The zero-order chi connectivity index (χ0) is 18.9. The van der Waals surface area contributed by atoms with Crippen LogP contribution in [0.3, 0.4) is 0 Å². The number of benzene rings is 2. The summed E-state index contributed by atoms with van der Waals surface area (Å²) in [5.41, 5.74) is 1.56. The first kappa shape index (κ1) is 22.8. The van der Waals surface area contributed by atoms with E-state index in [4.69, 9.17) is 14.2 Å². The largest absolute Gasteiger partial charge is 0.494 e. The molecular weight excluding hydrogens is 464 g/mol. The number of guanidine groups is 1. The van der Waals surface area contributed by atoms with Crippen molar-refractivity contribution < 1.29 is 18.6 Å². The molecule has 2 aromatic carbocycles. The molecular formula is C19H25FIN3O3. The fourth-order valence-electron chi connectivity index (χ4n) is 2.34. The van der Waals surface area contributed by atoms with Crippen molar-refractivity contribution in [3.05, 3.63) is 47.8 Å². The van der Waals surface area contributed by atoms with E-state index in [-0.39, 0.29) is 29.7 Å². The van der Waals surface area contributed by atoms with Gasteiger partial charge < -0.3 is 24.8 Å². The topological polar surface area (TPSA) is 64.1 Å². The third-order valence-electron chi connectivity index (χ3n) is 3.63. The summed E-state index contributed by atoms with van der Waals surface area (Å²) in [4.78, 5) is 4.17. The van der Waals surface area contributed by atoms with Crippen molar-refractivity contribution in [3.63, 3.8) is 0 Å². The lowest BCUT2D eigenvalue weighted by Gasteiger charge is -2.15. The van der Waals surface area contributed by atoms with Crippen LogP contribution in [0.4, 0.5) is 10.1 Å². The molecule has 0 radical (unpaired) electrons. The van der Waals surface area contributed by atoms with Gasteiger partial charge in [-0.15, -0.1) is 24.0 Å². The average molecular weight is 489 g/mol. The number of nitrogens with one attached hydrogen (secondary N) is 2. The molecule has 2 aromatic rings. The molecule has 0 aromatic heterocycles. The lowest BCUT2D eigenvalue weighted by Crippen LogP contribution is -2.30. The Kier molecular flexibility index (Phi) is 9.70. The minimum absolute atomic E-state index is 0. The second-order valence-corrected chi connectivity index (χ2v) is 5.32. The molecule has 0 heterocycles. The van der Waals surface area contributed by atoms with Crippen molar-refractivity contribution in [2.24, 2.45) is 4.99 Å². The Hall–Kier alpha value is -2.23. The first-order valence-electron chi connectivity index (χ1n) is 8.22. The summed E-state index contributed by atoms with van der Waals surface area (Å²) >= 11 is 0. The van der Waals surface area contributed by atoms with Gasteiger partial charge in [-0.25, -0.2) is 4.39 Å². The van der Waals surface area contributed by atoms with Crippen LogP contribution in [0.25, 0.3) is 0 Å². The molecule has 0 spiro atoms. The average Bonchev–Trinajstić information content (AvgIpc) is 2.66. The number of ether oxygens (including phenoxy) is 3. The van der Waals surface area contributed by atoms with Crippen molar-refractivity contribution in [1.29, 1.82) is 0 Å². The highest BCUT2D eigenvalue weighted by Gasteiger charge is 2.08. The van der Waals surface area contributed by atoms with Crippen LogP contribution in [0.15, 0.2) is 41.4 Å². The fraction of sp³-hybridized carbons (Fsp3) is 0.316. The standard InChI is InChI=1S/C19H24FN3O3.HI/c1-5-26-17-9-7-14(11-18(17)25-4)23-19(21-2)22-12-13-6-8-16(24-3)15(20)10-13;/h6-11H,5,12H2,1-4H3,(H2,21,22,23);1H. The highest BCUT2D eigenvalue weighted by molar-refractivity contribution is 14.0. The summed E-state index contributed by atoms with van der Waals surface area (Å²) in [5.74, 6) is 1.68. The molecule has 0 fully saturated rings. The summed E-state index contributed by atoms with van der Waals surface area (Å²) in [5, 5.41) is 6.30. The highest BCUT2D eigenvalue weighted by Crippen LogP contribution is 2.30. The Morgan fingerprint density at radius 3 is 2.33 bits per heavy atom. The van der Waals surface area contributed by atoms with Crippen LogP contribution in [0, 0.1) is 5.82 Å². The van der Waals surface area contributed by atoms with Crippen LogP contribution in [0.2, 0.25) is 0 Å². The minimum atomic E-state index is -0.397. The van der Waals surface area contributed by atoms with E-state index in [2.05, 4.69) is 15.6 Å². The summed E-state index contributed by atoms with van der Waals surface area (Å²) in [6.45, 7) is 2.89. The summed E-state index contributed by atoms with van der Waals surface area (Å²) in [7, 11) is 4.69. The fourth-order valence-corrected chi connectivity index (χ4v) is 2.34. The van der Waals surface area contributed by atoms with E-state index in [1.807, 2.05) is 25.1 Å². The van der Waals surface area contributed by atoms with Gasteiger partial charge in [-0.1, -0.05) is 6.07 Å². The maximum Gasteiger partial charge on any atom is 0.195 e. The number of hydrogen-bond acceptors (Lipinski definition) is 4. The molecule has 0 aliphatic carbocycles. The molecule has 0 unspecified atom stereocenters. The Labute approximate surface area is 176 Å². The Morgan fingerprint density at radius 2 is 1.74 bits per heavy atom. The van der Waals surface area contributed by atoms with E-state index in [1.54, 1.807) is 26.3 Å². The van der Waals surface area contributed by atoms with Gasteiger partial charge in [0.2, 0.25) is 0 Å². The zero-order valence-corrected chi connectivity index (χ0v) is 18.2. The van der Waals surface area contributed by atoms with Gasteiger partial charge in [0.15, 0.2) is 29.0 Å². The maximum atomic E-state index is 13.8. The highest BCUT2D eigenvalue weighted by atomic mass is 127. The molecule has 0 bridgehead atoms. The van der Waals surface area contributed by atoms with Gasteiger partial charge in [-0.3, -0.25) is 4.99 Å². The molecule has 0 aliphatic heterocycles. The van der Waals surface area contributed by atoms with Crippen LogP contribution >= 0.6 is 24.0 Å². The Morgan fingerprint density at radius 1 is 1.04 bits per heavy atom. The quantitative estimate of drug-likeness (QED) is 0.349. The van der Waals surface area contributed by atoms with E-state index in [1.165, 1.54) is 13.2 Å². The first-order chi connectivity index (χ1) is 12.6. The molecule has 8 heteroatoms. The zero-order valence-electron chi connectivity index (χ0n) is 15.8. The lowest BCUT2D eigenvalue weighted by atomic mass is 10.2. The maximum absolute atomic E-state index is 13.8. The molecule has 2 N–H and O–H groups in total. The second-order valence-electron chi connectivity index (χ2n) is 5.32. The van der Waals surface area contributed by atoms with Crippen molar-refractivity contribution >= 4 is 35.6 Å². The number of halogens is 2. The lowest BCUT2D eigenvalue weighted by molar-refractivity contribution is 0.311. The number of rotatable bonds is 7. The molecule has 0 saturated heterocycles. The van der Waals surface area contributed by atoms with Crippen LogP contribution in [-0.2, 0) is 6.54 Å². The van der Waals surface area contributed by atoms with Gasteiger partial charge in [-0.05, 0) is 36.8 Å². The van der Waals surface area contributed by atoms with Gasteiger partial charge >= 0.3 is 0 Å². The van der Waals surface area contributed by atoms with E-state index < -0.39 is 5.82 Å². The molecule has 0 aliphatic rings. The third kappa shape index (κ3) is 6.46. The van der Waals surface area contributed by atoms with Gasteiger partial charge in [0.25, 0.3) is 0 Å². The number of nitrogens with zero attached hydrogens (tertiary/aromatic N) is 1. The molecule has 2 rings (SSSR count).